The first-order valence-corrected chi connectivity index (χ1v) is 6.39. The summed E-state index contributed by atoms with van der Waals surface area (Å²) in [4.78, 5) is 11.4. The van der Waals surface area contributed by atoms with Crippen molar-refractivity contribution in [2.24, 2.45) is 0 Å². The highest BCUT2D eigenvalue weighted by Gasteiger charge is 2.18. The minimum Gasteiger partial charge on any atom is -0.472 e. The fraction of sp³-hybridized carbons (Fsp3) is 0.167. The molecular weight excluding hydrogens is 326 g/mol. The number of nitrogens with zero attached hydrogens (tertiary/aromatic N) is 2. The van der Waals surface area contributed by atoms with Gasteiger partial charge in [0.1, 0.15) is 12.4 Å². The Hall–Kier alpha value is -1.80. The monoisotopic (exact) mass is 334 g/mol. The Labute approximate surface area is 129 Å². The van der Waals surface area contributed by atoms with Crippen LogP contribution >= 0.6 is 24.4 Å². The van der Waals surface area contributed by atoms with Gasteiger partial charge in [0.25, 0.3) is 5.24 Å². The van der Waals surface area contributed by atoms with E-state index >= 15 is 0 Å². The Morgan fingerprint density at radius 1 is 1.43 bits per heavy atom. The average molecular weight is 335 g/mol. The largest absolute Gasteiger partial charge is 0.472 e. The Morgan fingerprint density at radius 3 is 2.76 bits per heavy atom. The molecule has 0 aliphatic heterocycles. The van der Waals surface area contributed by atoms with Crippen LogP contribution in [0.5, 0.6) is 11.6 Å². The molecular formula is C12H9ClF2N2O3S. The maximum atomic E-state index is 12.4. The minimum atomic E-state index is -3.03. The molecule has 21 heavy (non-hydrogen) atoms. The molecule has 0 aliphatic carbocycles. The van der Waals surface area contributed by atoms with Gasteiger partial charge < -0.3 is 9.47 Å². The number of hydrogen-bond acceptors (Lipinski definition) is 5. The summed E-state index contributed by atoms with van der Waals surface area (Å²) in [6.07, 6.45) is 1.52. The standard InChI is InChI=1S/C12H9ClF2N2O3S/c13-11(18)7-2-1-3-9(20-12(14)15)8(7)6-19-10-4-5-17(21)16-10/h1-5,12,21H,6H2. The summed E-state index contributed by atoms with van der Waals surface area (Å²) < 4.78 is 35.7. The van der Waals surface area contributed by atoms with E-state index < -0.39 is 11.9 Å². The number of benzene rings is 1. The third-order valence-corrected chi connectivity index (χ3v) is 2.90. The summed E-state index contributed by atoms with van der Waals surface area (Å²) in [7, 11) is 0. The maximum absolute atomic E-state index is 12.4. The summed E-state index contributed by atoms with van der Waals surface area (Å²) in [6.45, 7) is -3.23. The zero-order valence-corrected chi connectivity index (χ0v) is 12.0. The third-order valence-electron chi connectivity index (χ3n) is 2.48. The van der Waals surface area contributed by atoms with E-state index in [0.29, 0.717) is 0 Å². The Balaban J connectivity index is 2.27. The molecule has 0 saturated heterocycles. The topological polar surface area (TPSA) is 53.4 Å². The number of aromatic nitrogens is 2. The molecule has 5 nitrogen and oxygen atoms in total. The number of thiol groups is 1. The van der Waals surface area contributed by atoms with E-state index in [0.717, 1.165) is 0 Å². The van der Waals surface area contributed by atoms with E-state index in [-0.39, 0.29) is 29.4 Å². The summed E-state index contributed by atoms with van der Waals surface area (Å²) in [5, 5.41) is 3.04. The van der Waals surface area contributed by atoms with Crippen LogP contribution in [-0.4, -0.2) is 21.0 Å². The van der Waals surface area contributed by atoms with Crippen molar-refractivity contribution in [2.45, 2.75) is 13.2 Å². The lowest BCUT2D eigenvalue weighted by Gasteiger charge is -2.13. The van der Waals surface area contributed by atoms with E-state index in [1.54, 1.807) is 0 Å². The van der Waals surface area contributed by atoms with Gasteiger partial charge in [-0.05, 0) is 36.5 Å². The molecule has 1 aromatic heterocycles. The summed E-state index contributed by atoms with van der Waals surface area (Å²) in [5.41, 5.74) is 0.145. The van der Waals surface area contributed by atoms with Gasteiger partial charge in [-0.3, -0.25) is 4.79 Å². The van der Waals surface area contributed by atoms with Crippen LogP contribution in [-0.2, 0) is 6.61 Å². The predicted molar refractivity (Wildman–Crippen MR) is 74.2 cm³/mol. The van der Waals surface area contributed by atoms with Crippen LogP contribution < -0.4 is 9.47 Å². The number of rotatable bonds is 6. The molecule has 112 valence electrons. The first-order valence-electron chi connectivity index (χ1n) is 5.61. The van der Waals surface area contributed by atoms with Crippen molar-refractivity contribution in [1.29, 1.82) is 0 Å². The molecule has 9 heteroatoms. The Morgan fingerprint density at radius 2 is 2.19 bits per heavy atom. The third kappa shape index (κ3) is 4.08. The zero-order chi connectivity index (χ0) is 15.4. The number of alkyl halides is 2. The molecule has 1 heterocycles. The summed E-state index contributed by atoms with van der Waals surface area (Å²) >= 11 is 9.36. The molecule has 2 rings (SSSR count). The SMILES string of the molecule is O=C(Cl)c1cccc(OC(F)F)c1COc1ccn(S)n1. The van der Waals surface area contributed by atoms with Gasteiger partial charge in [-0.25, -0.2) is 4.09 Å². The number of halogens is 3. The van der Waals surface area contributed by atoms with Crippen molar-refractivity contribution < 1.29 is 23.0 Å². The van der Waals surface area contributed by atoms with Crippen LogP contribution in [0, 0.1) is 0 Å². The van der Waals surface area contributed by atoms with Gasteiger partial charge in [0, 0.05) is 23.4 Å². The van der Waals surface area contributed by atoms with Crippen LogP contribution in [0.25, 0.3) is 0 Å². The van der Waals surface area contributed by atoms with Gasteiger partial charge in [-0.15, -0.1) is 5.10 Å². The number of hydrogen-bond donors (Lipinski definition) is 1. The quantitative estimate of drug-likeness (QED) is 0.651. The second kappa shape index (κ2) is 6.77. The van der Waals surface area contributed by atoms with Gasteiger partial charge in [0.15, 0.2) is 0 Å². The first-order chi connectivity index (χ1) is 9.97. The fourth-order valence-electron chi connectivity index (χ4n) is 1.63. The highest BCUT2D eigenvalue weighted by atomic mass is 35.5. The van der Waals surface area contributed by atoms with Gasteiger partial charge in [0.2, 0.25) is 5.88 Å². The number of carbonyl (C=O) groups is 1. The van der Waals surface area contributed by atoms with E-state index in [2.05, 4.69) is 22.7 Å². The lowest BCUT2D eigenvalue weighted by atomic mass is 10.1. The van der Waals surface area contributed by atoms with Crippen LogP contribution in [0.1, 0.15) is 15.9 Å². The molecule has 0 bridgehead atoms. The smallest absolute Gasteiger partial charge is 0.387 e. The lowest BCUT2D eigenvalue weighted by Crippen LogP contribution is -2.09. The molecule has 2 aromatic rings. The van der Waals surface area contributed by atoms with Crippen molar-refractivity contribution in [1.82, 2.24) is 9.19 Å². The summed E-state index contributed by atoms with van der Waals surface area (Å²) in [6, 6.07) is 5.60. The minimum absolute atomic E-state index is 0.0279. The van der Waals surface area contributed by atoms with Gasteiger partial charge in [-0.2, -0.15) is 8.78 Å². The first kappa shape index (κ1) is 15.6. The van der Waals surface area contributed by atoms with Crippen LogP contribution in [0.3, 0.4) is 0 Å². The predicted octanol–water partition coefficient (Wildman–Crippen LogP) is 3.14. The summed E-state index contributed by atoms with van der Waals surface area (Å²) in [5.74, 6) is 0.0339. The maximum Gasteiger partial charge on any atom is 0.387 e. The van der Waals surface area contributed by atoms with Crippen molar-refractivity contribution in [3.05, 3.63) is 41.6 Å². The zero-order valence-electron chi connectivity index (χ0n) is 10.4. The van der Waals surface area contributed by atoms with E-state index in [1.807, 2.05) is 0 Å². The highest BCUT2D eigenvalue weighted by Crippen LogP contribution is 2.27. The highest BCUT2D eigenvalue weighted by molar-refractivity contribution is 7.78. The average Bonchev–Trinajstić information content (AvgIpc) is 2.82. The Bertz CT molecular complexity index is 651. The molecule has 0 aliphatic rings. The van der Waals surface area contributed by atoms with E-state index in [1.165, 1.54) is 34.5 Å². The van der Waals surface area contributed by atoms with Crippen molar-refractivity contribution in [2.75, 3.05) is 0 Å². The molecule has 0 N–H and O–H groups in total. The molecule has 0 amide bonds. The molecule has 0 fully saturated rings. The van der Waals surface area contributed by atoms with E-state index in [4.69, 9.17) is 16.3 Å². The molecule has 0 radical (unpaired) electrons. The van der Waals surface area contributed by atoms with Crippen molar-refractivity contribution in [3.63, 3.8) is 0 Å². The van der Waals surface area contributed by atoms with Crippen molar-refractivity contribution in [3.8, 4) is 11.6 Å². The van der Waals surface area contributed by atoms with Gasteiger partial charge in [0.05, 0.1) is 0 Å². The second-order valence-corrected chi connectivity index (χ2v) is 4.55. The van der Waals surface area contributed by atoms with Crippen LogP contribution in [0.15, 0.2) is 30.5 Å². The molecule has 0 atom stereocenters. The van der Waals surface area contributed by atoms with Gasteiger partial charge >= 0.3 is 6.61 Å². The second-order valence-electron chi connectivity index (χ2n) is 3.80. The fourth-order valence-corrected chi connectivity index (χ4v) is 1.96. The normalized spacial score (nSPS) is 10.7. The molecule has 0 spiro atoms. The Kier molecular flexibility index (Phi) is 5.03. The van der Waals surface area contributed by atoms with E-state index in [9.17, 15) is 13.6 Å². The lowest BCUT2D eigenvalue weighted by molar-refractivity contribution is -0.0509. The number of ether oxygens (including phenoxy) is 2. The molecule has 0 saturated carbocycles. The van der Waals surface area contributed by atoms with Crippen LogP contribution in [0.2, 0.25) is 0 Å². The van der Waals surface area contributed by atoms with Crippen molar-refractivity contribution >= 4 is 29.7 Å². The van der Waals surface area contributed by atoms with Crippen LogP contribution in [0.4, 0.5) is 8.78 Å². The molecule has 1 aromatic carbocycles. The number of carbonyl (C=O) groups excluding carboxylic acids is 1. The molecule has 0 unspecified atom stereocenters. The van der Waals surface area contributed by atoms with Gasteiger partial charge in [-0.1, -0.05) is 6.07 Å².